The van der Waals surface area contributed by atoms with E-state index in [1.54, 1.807) is 29.8 Å². The maximum absolute atomic E-state index is 11.4. The van der Waals surface area contributed by atoms with Crippen molar-refractivity contribution >= 4 is 23.4 Å². The molecule has 0 bridgehead atoms. The number of nitro benzene ring substituents is 1. The summed E-state index contributed by atoms with van der Waals surface area (Å²) in [6, 6.07) is 18.6. The highest BCUT2D eigenvalue weighted by Gasteiger charge is 2.44. The van der Waals surface area contributed by atoms with Crippen LogP contribution < -0.4 is 5.32 Å². The number of nitrogens with zero attached hydrogens (tertiary/aromatic N) is 2. The maximum atomic E-state index is 11.4. The molecule has 2 heterocycles. The van der Waals surface area contributed by atoms with Gasteiger partial charge in [-0.2, -0.15) is 0 Å². The van der Waals surface area contributed by atoms with Crippen molar-refractivity contribution in [1.82, 2.24) is 10.2 Å². The zero-order chi connectivity index (χ0) is 20.4. The number of nitrogens with one attached hydrogen (secondary N) is 1. The van der Waals surface area contributed by atoms with Crippen LogP contribution in [-0.4, -0.2) is 34.9 Å². The molecule has 0 spiro atoms. The Balaban J connectivity index is 1.87. The SMILES string of the molecule is Cc1ccc(C2(c3ccc(-c4ccccc4[N+](=O)[O-])o3)CNCCN2C=S)cc1. The fraction of sp³-hybridized carbons (Fsp3) is 0.227. The Morgan fingerprint density at radius 1 is 1.17 bits per heavy atom. The van der Waals surface area contributed by atoms with Crippen molar-refractivity contribution in [2.75, 3.05) is 19.6 Å². The van der Waals surface area contributed by atoms with Gasteiger partial charge in [0.15, 0.2) is 0 Å². The standard InChI is InChI=1S/C22H21N3O3S/c1-16-6-8-17(9-7-16)22(14-23-12-13-24(22)15-29)21-11-10-20(28-21)18-4-2-3-5-19(18)25(26)27/h2-11,15,23H,12-14H2,1H3. The van der Waals surface area contributed by atoms with Crippen LogP contribution in [0, 0.1) is 17.0 Å². The summed E-state index contributed by atoms with van der Waals surface area (Å²) in [7, 11) is 0. The molecular weight excluding hydrogens is 386 g/mol. The van der Waals surface area contributed by atoms with Crippen LogP contribution in [-0.2, 0) is 5.54 Å². The lowest BCUT2D eigenvalue weighted by Gasteiger charge is -2.45. The number of thiocarbonyl (C=S) groups is 1. The first-order valence-corrected chi connectivity index (χ1v) is 9.87. The molecule has 1 aliphatic rings. The monoisotopic (exact) mass is 407 g/mol. The molecule has 2 aromatic carbocycles. The molecule has 1 unspecified atom stereocenters. The molecule has 1 aliphatic heterocycles. The van der Waals surface area contributed by atoms with Gasteiger partial charge in [-0.05, 0) is 30.7 Å². The molecule has 6 nitrogen and oxygen atoms in total. The third-order valence-corrected chi connectivity index (χ3v) is 5.69. The molecular formula is C22H21N3O3S. The van der Waals surface area contributed by atoms with Crippen molar-refractivity contribution in [2.45, 2.75) is 12.5 Å². The third-order valence-electron chi connectivity index (χ3n) is 5.44. The minimum absolute atomic E-state index is 0.0197. The van der Waals surface area contributed by atoms with Gasteiger partial charge >= 0.3 is 0 Å². The average molecular weight is 407 g/mol. The van der Waals surface area contributed by atoms with E-state index < -0.39 is 10.5 Å². The van der Waals surface area contributed by atoms with Crippen LogP contribution in [0.2, 0.25) is 0 Å². The predicted octanol–water partition coefficient (Wildman–Crippen LogP) is 4.27. The van der Waals surface area contributed by atoms with Crippen molar-refractivity contribution in [2.24, 2.45) is 0 Å². The van der Waals surface area contributed by atoms with Gasteiger partial charge in [0.05, 0.1) is 16.0 Å². The van der Waals surface area contributed by atoms with Crippen LogP contribution in [0.4, 0.5) is 5.69 Å². The van der Waals surface area contributed by atoms with Crippen molar-refractivity contribution in [3.05, 3.63) is 87.7 Å². The second-order valence-corrected chi connectivity index (χ2v) is 7.35. The van der Waals surface area contributed by atoms with Crippen LogP contribution in [0.3, 0.4) is 0 Å². The predicted molar refractivity (Wildman–Crippen MR) is 116 cm³/mol. The van der Waals surface area contributed by atoms with Gasteiger partial charge in [0, 0.05) is 25.7 Å². The maximum Gasteiger partial charge on any atom is 0.280 e. The van der Waals surface area contributed by atoms with E-state index in [1.165, 1.54) is 11.6 Å². The summed E-state index contributed by atoms with van der Waals surface area (Å²) in [5.74, 6) is 1.16. The molecule has 0 aliphatic carbocycles. The number of nitro groups is 1. The highest BCUT2D eigenvalue weighted by Crippen LogP contribution is 2.40. The van der Waals surface area contributed by atoms with Crippen molar-refractivity contribution in [1.29, 1.82) is 0 Å². The number of hydrogen-bond acceptors (Lipinski definition) is 5. The van der Waals surface area contributed by atoms with E-state index in [9.17, 15) is 10.1 Å². The minimum Gasteiger partial charge on any atom is -0.458 e. The van der Waals surface area contributed by atoms with Crippen molar-refractivity contribution < 1.29 is 9.34 Å². The Morgan fingerprint density at radius 3 is 2.66 bits per heavy atom. The second-order valence-electron chi connectivity index (χ2n) is 7.14. The van der Waals surface area contributed by atoms with Crippen LogP contribution in [0.25, 0.3) is 11.3 Å². The van der Waals surface area contributed by atoms with E-state index in [0.717, 1.165) is 18.7 Å². The van der Waals surface area contributed by atoms with E-state index in [-0.39, 0.29) is 5.69 Å². The molecule has 1 atom stereocenters. The molecule has 1 saturated heterocycles. The number of piperazine rings is 1. The molecule has 29 heavy (non-hydrogen) atoms. The first-order valence-electron chi connectivity index (χ1n) is 9.40. The summed E-state index contributed by atoms with van der Waals surface area (Å²) < 4.78 is 6.27. The van der Waals surface area contributed by atoms with E-state index in [1.807, 2.05) is 13.0 Å². The zero-order valence-corrected chi connectivity index (χ0v) is 16.8. The molecule has 3 aromatic rings. The van der Waals surface area contributed by atoms with Gasteiger partial charge in [0.2, 0.25) is 0 Å². The Morgan fingerprint density at radius 2 is 1.93 bits per heavy atom. The van der Waals surface area contributed by atoms with Crippen molar-refractivity contribution in [3.8, 4) is 11.3 Å². The van der Waals surface area contributed by atoms with Gasteiger partial charge in [0.1, 0.15) is 17.1 Å². The van der Waals surface area contributed by atoms with Gasteiger partial charge in [-0.1, -0.05) is 54.2 Å². The number of benzene rings is 2. The quantitative estimate of drug-likeness (QED) is 0.387. The van der Waals surface area contributed by atoms with Gasteiger partial charge in [-0.15, -0.1) is 0 Å². The Hall–Kier alpha value is -3.03. The molecule has 0 radical (unpaired) electrons. The van der Waals surface area contributed by atoms with E-state index in [0.29, 0.717) is 23.6 Å². The molecule has 148 valence electrons. The summed E-state index contributed by atoms with van der Waals surface area (Å²) in [5.41, 5.74) is 3.76. The zero-order valence-electron chi connectivity index (χ0n) is 16.0. The first kappa shape index (κ1) is 19.3. The van der Waals surface area contributed by atoms with Crippen LogP contribution >= 0.6 is 12.2 Å². The lowest BCUT2D eigenvalue weighted by atomic mass is 9.84. The van der Waals surface area contributed by atoms with Crippen molar-refractivity contribution in [3.63, 3.8) is 0 Å². The molecule has 0 amide bonds. The summed E-state index contributed by atoms with van der Waals surface area (Å²) in [6.45, 7) is 4.22. The first-order chi connectivity index (χ1) is 14.1. The third kappa shape index (κ3) is 3.32. The Kier molecular flexibility index (Phi) is 5.17. The summed E-state index contributed by atoms with van der Waals surface area (Å²) in [4.78, 5) is 13.2. The molecule has 1 N–H and O–H groups in total. The van der Waals surface area contributed by atoms with E-state index in [4.69, 9.17) is 16.6 Å². The number of para-hydroxylation sites is 1. The van der Waals surface area contributed by atoms with Gasteiger partial charge < -0.3 is 14.6 Å². The van der Waals surface area contributed by atoms with Crippen LogP contribution in [0.5, 0.6) is 0 Å². The number of aryl methyl sites for hydroxylation is 1. The minimum atomic E-state index is -0.616. The second kappa shape index (κ2) is 7.77. The van der Waals surface area contributed by atoms with Gasteiger partial charge in [0.25, 0.3) is 5.69 Å². The summed E-state index contributed by atoms with van der Waals surface area (Å²) >= 11 is 5.34. The highest BCUT2D eigenvalue weighted by atomic mass is 32.1. The van der Waals surface area contributed by atoms with Gasteiger partial charge in [-0.3, -0.25) is 10.1 Å². The molecule has 4 rings (SSSR count). The largest absolute Gasteiger partial charge is 0.458 e. The molecule has 1 aromatic heterocycles. The Labute approximate surface area is 174 Å². The fourth-order valence-corrected chi connectivity index (χ4v) is 4.20. The lowest BCUT2D eigenvalue weighted by Crippen LogP contribution is -2.58. The molecule has 0 saturated carbocycles. The number of furan rings is 1. The molecule has 1 fully saturated rings. The van der Waals surface area contributed by atoms with E-state index in [2.05, 4.69) is 34.5 Å². The smallest absolute Gasteiger partial charge is 0.280 e. The van der Waals surface area contributed by atoms with Crippen LogP contribution in [0.15, 0.2) is 65.1 Å². The normalized spacial score (nSPS) is 19.1. The number of hydrogen-bond donors (Lipinski definition) is 1. The Bertz CT molecular complexity index is 1050. The van der Waals surface area contributed by atoms with Gasteiger partial charge in [-0.25, -0.2) is 0 Å². The highest BCUT2D eigenvalue weighted by molar-refractivity contribution is 7.78. The summed E-state index contributed by atoms with van der Waals surface area (Å²) in [6.07, 6.45) is 0. The lowest BCUT2D eigenvalue weighted by molar-refractivity contribution is -0.384. The van der Waals surface area contributed by atoms with E-state index >= 15 is 0 Å². The average Bonchev–Trinajstić information content (AvgIpc) is 3.24. The fourth-order valence-electron chi connectivity index (χ4n) is 3.92. The summed E-state index contributed by atoms with van der Waals surface area (Å²) in [5, 5.41) is 14.9. The number of rotatable bonds is 5. The van der Waals surface area contributed by atoms with Crippen LogP contribution in [0.1, 0.15) is 16.9 Å². The molecule has 7 heteroatoms. The topological polar surface area (TPSA) is 71.5 Å².